The molecule has 0 unspecified atom stereocenters. The first kappa shape index (κ1) is 23.1. The number of nitrogens with one attached hydrogen (secondary N) is 2. The number of hydrogen-bond donors (Lipinski definition) is 2. The zero-order valence-electron chi connectivity index (χ0n) is 20.6. The van der Waals surface area contributed by atoms with E-state index in [9.17, 15) is 4.79 Å². The monoisotopic (exact) mass is 464 g/mol. The summed E-state index contributed by atoms with van der Waals surface area (Å²) < 4.78 is 0. The molecule has 4 aromatic rings. The molecule has 1 aliphatic rings. The molecule has 1 amide bonds. The molecule has 2 heterocycles. The number of nitrogens with zero attached hydrogens (tertiary/aromatic N) is 2. The summed E-state index contributed by atoms with van der Waals surface area (Å²) in [7, 11) is 0. The number of fused-ring (bicyclic) bond motifs is 2. The number of carbonyl (C=O) groups excluding carboxylic acids is 1. The van der Waals surface area contributed by atoms with Gasteiger partial charge in [0.1, 0.15) is 0 Å². The molecule has 0 atom stereocenters. The maximum Gasteiger partial charge on any atom is 0.251 e. The number of aromatic nitrogens is 1. The molecule has 178 valence electrons. The molecular weight excluding hydrogens is 432 g/mol. The van der Waals surface area contributed by atoms with Crippen molar-refractivity contribution in [1.29, 1.82) is 0 Å². The molecule has 5 nitrogen and oxygen atoms in total. The van der Waals surface area contributed by atoms with Crippen LogP contribution < -0.4 is 10.6 Å². The van der Waals surface area contributed by atoms with Crippen molar-refractivity contribution in [3.05, 3.63) is 101 Å². The minimum absolute atomic E-state index is 0.0631. The van der Waals surface area contributed by atoms with Crippen molar-refractivity contribution in [2.45, 2.75) is 39.3 Å². The minimum Gasteiger partial charge on any atom is -0.355 e. The van der Waals surface area contributed by atoms with Crippen LogP contribution in [0.4, 0.5) is 11.4 Å². The van der Waals surface area contributed by atoms with Gasteiger partial charge in [0.25, 0.3) is 5.91 Å². The van der Waals surface area contributed by atoms with Crippen LogP contribution in [0.2, 0.25) is 0 Å². The number of carbonyl (C=O) groups is 1. The third-order valence-corrected chi connectivity index (χ3v) is 6.53. The highest BCUT2D eigenvalue weighted by Gasteiger charge is 2.26. The normalized spacial score (nSPS) is 13.9. The molecule has 5 heteroatoms. The van der Waals surface area contributed by atoms with Crippen molar-refractivity contribution in [1.82, 2.24) is 15.2 Å². The smallest absolute Gasteiger partial charge is 0.251 e. The lowest BCUT2D eigenvalue weighted by Gasteiger charge is -2.36. The fourth-order valence-corrected chi connectivity index (χ4v) is 4.97. The third-order valence-electron chi connectivity index (χ3n) is 6.53. The molecule has 5 rings (SSSR count). The Hall–Kier alpha value is -3.70. The van der Waals surface area contributed by atoms with Crippen LogP contribution in [0.5, 0.6) is 0 Å². The van der Waals surface area contributed by atoms with Crippen molar-refractivity contribution in [2.24, 2.45) is 0 Å². The van der Waals surface area contributed by atoms with E-state index in [0.717, 1.165) is 54.0 Å². The van der Waals surface area contributed by atoms with Gasteiger partial charge < -0.3 is 10.6 Å². The summed E-state index contributed by atoms with van der Waals surface area (Å²) in [5.74, 6) is -0.0631. The lowest BCUT2D eigenvalue weighted by Crippen LogP contribution is -2.52. The summed E-state index contributed by atoms with van der Waals surface area (Å²) in [6.07, 6.45) is 1.05. The molecule has 3 aromatic carbocycles. The Morgan fingerprint density at radius 1 is 0.971 bits per heavy atom. The summed E-state index contributed by atoms with van der Waals surface area (Å²) in [6, 6.07) is 26.4. The van der Waals surface area contributed by atoms with E-state index < -0.39 is 0 Å². The fraction of sp³-hybridized carbons (Fsp3) is 0.267. The average molecular weight is 465 g/mol. The maximum absolute atomic E-state index is 13.2. The van der Waals surface area contributed by atoms with Crippen molar-refractivity contribution < 1.29 is 4.79 Å². The van der Waals surface area contributed by atoms with Crippen molar-refractivity contribution in [2.75, 3.05) is 18.4 Å². The van der Waals surface area contributed by atoms with Gasteiger partial charge in [-0.1, -0.05) is 48.5 Å². The van der Waals surface area contributed by atoms with Gasteiger partial charge in [-0.2, -0.15) is 0 Å². The topological polar surface area (TPSA) is 57.3 Å². The number of hydrogen-bond acceptors (Lipinski definition) is 4. The zero-order valence-corrected chi connectivity index (χ0v) is 20.6. The molecule has 1 aliphatic heterocycles. The Kier molecular flexibility index (Phi) is 6.27. The van der Waals surface area contributed by atoms with Crippen molar-refractivity contribution in [3.63, 3.8) is 0 Å². The van der Waals surface area contributed by atoms with E-state index in [1.165, 1.54) is 11.1 Å². The number of rotatable bonds is 6. The molecule has 1 aromatic heterocycles. The van der Waals surface area contributed by atoms with Gasteiger partial charge in [-0.25, -0.2) is 0 Å². The first-order valence-corrected chi connectivity index (χ1v) is 12.2. The molecule has 0 saturated carbocycles. The fourth-order valence-electron chi connectivity index (χ4n) is 4.97. The lowest BCUT2D eigenvalue weighted by molar-refractivity contribution is 0.0881. The molecule has 35 heavy (non-hydrogen) atoms. The van der Waals surface area contributed by atoms with Crippen LogP contribution in [0.25, 0.3) is 10.9 Å². The van der Waals surface area contributed by atoms with E-state index in [1.54, 1.807) is 0 Å². The van der Waals surface area contributed by atoms with Gasteiger partial charge >= 0.3 is 0 Å². The Morgan fingerprint density at radius 3 is 2.60 bits per heavy atom. The Balaban J connectivity index is 1.28. The highest BCUT2D eigenvalue weighted by atomic mass is 16.1. The van der Waals surface area contributed by atoms with Gasteiger partial charge in [-0.05, 0) is 68.7 Å². The second-order valence-electron chi connectivity index (χ2n) is 10.1. The van der Waals surface area contributed by atoms with Crippen LogP contribution >= 0.6 is 0 Å². The minimum atomic E-state index is -0.356. The van der Waals surface area contributed by atoms with Gasteiger partial charge in [0.05, 0.1) is 5.52 Å². The zero-order chi connectivity index (χ0) is 24.4. The van der Waals surface area contributed by atoms with Gasteiger partial charge in [0.2, 0.25) is 0 Å². The van der Waals surface area contributed by atoms with Crippen LogP contribution in [-0.4, -0.2) is 34.4 Å². The van der Waals surface area contributed by atoms with Crippen molar-refractivity contribution >= 4 is 28.2 Å². The standard InChI is InChI=1S/C30H32N4O/c1-21-17-28(26-13-6-7-14-27(26)31-21)32-25-12-8-11-23(18-25)29(35)33-30(2,3)20-34-16-15-22-9-4-5-10-24(22)19-34/h4-14,17-18H,15-16,19-20H2,1-3H3,(H,31,32)(H,33,35). The Labute approximate surface area is 207 Å². The van der Waals surface area contributed by atoms with Crippen LogP contribution in [0.1, 0.15) is 41.0 Å². The van der Waals surface area contributed by atoms with E-state index in [2.05, 4.69) is 64.7 Å². The van der Waals surface area contributed by atoms with E-state index in [-0.39, 0.29) is 11.4 Å². The number of amides is 1. The number of para-hydroxylation sites is 1. The number of aryl methyl sites for hydroxylation is 1. The number of pyridine rings is 1. The maximum atomic E-state index is 13.2. The highest BCUT2D eigenvalue weighted by Crippen LogP contribution is 2.27. The molecular formula is C30H32N4O. The summed E-state index contributed by atoms with van der Waals surface area (Å²) in [5, 5.41) is 7.80. The van der Waals surface area contributed by atoms with Crippen LogP contribution in [0.3, 0.4) is 0 Å². The van der Waals surface area contributed by atoms with E-state index >= 15 is 0 Å². The average Bonchev–Trinajstić information content (AvgIpc) is 2.83. The van der Waals surface area contributed by atoms with Gasteiger partial charge in [0, 0.05) is 53.2 Å². The van der Waals surface area contributed by atoms with E-state index in [0.29, 0.717) is 5.56 Å². The summed E-state index contributed by atoms with van der Waals surface area (Å²) in [4.78, 5) is 20.2. The molecule has 0 radical (unpaired) electrons. The molecule has 0 aliphatic carbocycles. The number of anilines is 2. The summed E-state index contributed by atoms with van der Waals surface area (Å²) in [6.45, 7) is 8.92. The molecule has 0 fully saturated rings. The summed E-state index contributed by atoms with van der Waals surface area (Å²) >= 11 is 0. The van der Waals surface area contributed by atoms with Crippen molar-refractivity contribution in [3.8, 4) is 0 Å². The van der Waals surface area contributed by atoms with Gasteiger partial charge in [-0.15, -0.1) is 0 Å². The molecule has 0 spiro atoms. The Bertz CT molecular complexity index is 1380. The van der Waals surface area contributed by atoms with Crippen LogP contribution in [0, 0.1) is 6.92 Å². The molecule has 2 N–H and O–H groups in total. The highest BCUT2D eigenvalue weighted by molar-refractivity contribution is 5.97. The first-order chi connectivity index (χ1) is 16.9. The molecule has 0 saturated heterocycles. The second kappa shape index (κ2) is 9.51. The van der Waals surface area contributed by atoms with Crippen LogP contribution in [0.15, 0.2) is 78.9 Å². The van der Waals surface area contributed by atoms with Gasteiger partial charge in [-0.3, -0.25) is 14.7 Å². The Morgan fingerprint density at radius 2 is 1.74 bits per heavy atom. The first-order valence-electron chi connectivity index (χ1n) is 12.2. The quantitative estimate of drug-likeness (QED) is 0.376. The second-order valence-corrected chi connectivity index (χ2v) is 10.1. The van der Waals surface area contributed by atoms with Crippen LogP contribution in [-0.2, 0) is 13.0 Å². The van der Waals surface area contributed by atoms with E-state index in [4.69, 9.17) is 0 Å². The van der Waals surface area contributed by atoms with Gasteiger partial charge in [0.15, 0.2) is 0 Å². The lowest BCUT2D eigenvalue weighted by atomic mass is 9.97. The third kappa shape index (κ3) is 5.36. The summed E-state index contributed by atoms with van der Waals surface area (Å²) in [5.41, 5.74) is 6.86. The van der Waals surface area contributed by atoms with E-state index in [1.807, 2.05) is 55.5 Å². The predicted molar refractivity (Wildman–Crippen MR) is 143 cm³/mol. The largest absolute Gasteiger partial charge is 0.355 e. The SMILES string of the molecule is Cc1cc(Nc2cccc(C(=O)NC(C)(C)CN3CCc4ccccc4C3)c2)c2ccccc2n1. The molecule has 0 bridgehead atoms. The number of benzene rings is 3. The predicted octanol–water partition coefficient (Wildman–Crippen LogP) is 5.85.